The summed E-state index contributed by atoms with van der Waals surface area (Å²) in [6, 6.07) is 13.8. The lowest BCUT2D eigenvalue weighted by Crippen LogP contribution is -2.25. The molecule has 0 fully saturated rings. The first-order chi connectivity index (χ1) is 12.5. The van der Waals surface area contributed by atoms with E-state index in [4.69, 9.17) is 0 Å². The van der Waals surface area contributed by atoms with Gasteiger partial charge in [-0.1, -0.05) is 23.8 Å². The number of amides is 2. The average Bonchev–Trinajstić information content (AvgIpc) is 3.09. The van der Waals surface area contributed by atoms with E-state index in [-0.39, 0.29) is 22.8 Å². The van der Waals surface area contributed by atoms with Crippen LogP contribution in [-0.2, 0) is 22.4 Å². The first-order valence-electron chi connectivity index (χ1n) is 8.92. The predicted molar refractivity (Wildman–Crippen MR) is 109 cm³/mol. The molecule has 0 aromatic heterocycles. The van der Waals surface area contributed by atoms with Gasteiger partial charge in [-0.05, 0) is 68.5 Å². The monoisotopic (exact) mass is 368 g/mol. The van der Waals surface area contributed by atoms with E-state index < -0.39 is 0 Å². The van der Waals surface area contributed by atoms with Gasteiger partial charge in [0, 0.05) is 11.4 Å². The maximum atomic E-state index is 12.4. The van der Waals surface area contributed by atoms with Gasteiger partial charge in [-0.3, -0.25) is 9.59 Å². The molecule has 0 unspecified atom stereocenters. The number of carbonyl (C=O) groups excluding carboxylic acids is 2. The maximum Gasteiger partial charge on any atom is 0.237 e. The Balaban J connectivity index is 1.46. The van der Waals surface area contributed by atoms with Crippen molar-refractivity contribution >= 4 is 35.0 Å². The number of rotatable bonds is 6. The SMILES string of the molecule is Cc1ccc(NC(=O)CS[C@@H](C)C(=O)Nc2ccc3c(c2)CCC3)cc1. The van der Waals surface area contributed by atoms with E-state index in [1.54, 1.807) is 0 Å². The Morgan fingerprint density at radius 1 is 1.00 bits per heavy atom. The lowest BCUT2D eigenvalue weighted by Gasteiger charge is -2.13. The van der Waals surface area contributed by atoms with E-state index in [1.165, 1.54) is 29.3 Å². The Labute approximate surface area is 158 Å². The highest BCUT2D eigenvalue weighted by molar-refractivity contribution is 8.01. The van der Waals surface area contributed by atoms with Gasteiger partial charge in [0.1, 0.15) is 0 Å². The van der Waals surface area contributed by atoms with Crippen LogP contribution in [0.15, 0.2) is 42.5 Å². The molecule has 1 atom stereocenters. The zero-order chi connectivity index (χ0) is 18.5. The number of benzene rings is 2. The molecule has 26 heavy (non-hydrogen) atoms. The Bertz CT molecular complexity index is 802. The van der Waals surface area contributed by atoms with Crippen molar-refractivity contribution in [1.29, 1.82) is 0 Å². The van der Waals surface area contributed by atoms with E-state index in [2.05, 4.69) is 22.8 Å². The second-order valence-electron chi connectivity index (χ2n) is 6.69. The highest BCUT2D eigenvalue weighted by Crippen LogP contribution is 2.25. The van der Waals surface area contributed by atoms with Gasteiger partial charge in [0.2, 0.25) is 11.8 Å². The van der Waals surface area contributed by atoms with E-state index in [0.717, 1.165) is 29.8 Å². The van der Waals surface area contributed by atoms with Crippen LogP contribution in [0, 0.1) is 6.92 Å². The highest BCUT2D eigenvalue weighted by atomic mass is 32.2. The van der Waals surface area contributed by atoms with Crippen molar-refractivity contribution in [2.75, 3.05) is 16.4 Å². The normalized spacial score (nSPS) is 13.8. The maximum absolute atomic E-state index is 12.4. The summed E-state index contributed by atoms with van der Waals surface area (Å²) < 4.78 is 0. The largest absolute Gasteiger partial charge is 0.325 e. The summed E-state index contributed by atoms with van der Waals surface area (Å²) in [6.45, 7) is 3.83. The topological polar surface area (TPSA) is 58.2 Å². The number of nitrogens with one attached hydrogen (secondary N) is 2. The Kier molecular flexibility index (Phi) is 5.99. The smallest absolute Gasteiger partial charge is 0.237 e. The van der Waals surface area contributed by atoms with Crippen molar-refractivity contribution in [3.63, 3.8) is 0 Å². The molecule has 1 aliphatic rings. The second kappa shape index (κ2) is 8.41. The van der Waals surface area contributed by atoms with Crippen LogP contribution in [0.5, 0.6) is 0 Å². The molecular formula is C21H24N2O2S. The fourth-order valence-corrected chi connectivity index (χ4v) is 3.69. The number of hydrogen-bond donors (Lipinski definition) is 2. The Hall–Kier alpha value is -2.27. The molecule has 0 saturated heterocycles. The Morgan fingerprint density at radius 2 is 1.69 bits per heavy atom. The number of carbonyl (C=O) groups is 2. The van der Waals surface area contributed by atoms with Crippen molar-refractivity contribution in [2.24, 2.45) is 0 Å². The summed E-state index contributed by atoms with van der Waals surface area (Å²) in [6.07, 6.45) is 3.41. The molecule has 0 radical (unpaired) electrons. The third-order valence-corrected chi connectivity index (χ3v) is 5.68. The first kappa shape index (κ1) is 18.5. The molecule has 0 bridgehead atoms. The van der Waals surface area contributed by atoms with Crippen molar-refractivity contribution in [3.05, 3.63) is 59.2 Å². The molecular weight excluding hydrogens is 344 g/mol. The summed E-state index contributed by atoms with van der Waals surface area (Å²) in [5.41, 5.74) is 5.48. The minimum absolute atomic E-state index is 0.0731. The zero-order valence-corrected chi connectivity index (χ0v) is 16.0. The van der Waals surface area contributed by atoms with Crippen molar-refractivity contribution in [1.82, 2.24) is 0 Å². The van der Waals surface area contributed by atoms with E-state index in [0.29, 0.717) is 0 Å². The molecule has 136 valence electrons. The van der Waals surface area contributed by atoms with Crippen LogP contribution >= 0.6 is 11.8 Å². The molecule has 3 rings (SSSR count). The van der Waals surface area contributed by atoms with Crippen LogP contribution in [0.3, 0.4) is 0 Å². The molecule has 2 aromatic rings. The third kappa shape index (κ3) is 4.88. The van der Waals surface area contributed by atoms with E-state index in [9.17, 15) is 9.59 Å². The molecule has 4 nitrogen and oxygen atoms in total. The van der Waals surface area contributed by atoms with Gasteiger partial charge < -0.3 is 10.6 Å². The molecule has 5 heteroatoms. The van der Waals surface area contributed by atoms with Gasteiger partial charge in [-0.15, -0.1) is 11.8 Å². The van der Waals surface area contributed by atoms with Crippen LogP contribution in [0.1, 0.15) is 30.0 Å². The van der Waals surface area contributed by atoms with Crippen LogP contribution in [-0.4, -0.2) is 22.8 Å². The zero-order valence-electron chi connectivity index (χ0n) is 15.2. The molecule has 0 aliphatic heterocycles. The van der Waals surface area contributed by atoms with Crippen LogP contribution < -0.4 is 10.6 Å². The number of fused-ring (bicyclic) bond motifs is 1. The van der Waals surface area contributed by atoms with Crippen molar-refractivity contribution in [2.45, 2.75) is 38.4 Å². The summed E-state index contributed by atoms with van der Waals surface area (Å²) in [4.78, 5) is 24.4. The van der Waals surface area contributed by atoms with E-state index >= 15 is 0 Å². The van der Waals surface area contributed by atoms with Crippen LogP contribution in [0.2, 0.25) is 0 Å². The van der Waals surface area contributed by atoms with Crippen LogP contribution in [0.25, 0.3) is 0 Å². The lowest BCUT2D eigenvalue weighted by atomic mass is 10.1. The van der Waals surface area contributed by atoms with Crippen molar-refractivity contribution < 1.29 is 9.59 Å². The van der Waals surface area contributed by atoms with Crippen LogP contribution in [0.4, 0.5) is 11.4 Å². The van der Waals surface area contributed by atoms with Gasteiger partial charge in [-0.25, -0.2) is 0 Å². The molecule has 0 saturated carbocycles. The minimum Gasteiger partial charge on any atom is -0.325 e. The summed E-state index contributed by atoms with van der Waals surface area (Å²) in [5.74, 6) is 0.0687. The summed E-state index contributed by atoms with van der Waals surface area (Å²) in [7, 11) is 0. The van der Waals surface area contributed by atoms with Gasteiger partial charge in [0.05, 0.1) is 11.0 Å². The number of thioether (sulfide) groups is 1. The van der Waals surface area contributed by atoms with Gasteiger partial charge in [0.15, 0.2) is 0 Å². The average molecular weight is 369 g/mol. The standard InChI is InChI=1S/C21H24N2O2S/c1-14-6-9-18(10-7-14)22-20(24)13-26-15(2)21(25)23-19-11-8-16-4-3-5-17(16)12-19/h6-12,15H,3-5,13H2,1-2H3,(H,22,24)(H,23,25)/t15-/m0/s1. The number of hydrogen-bond acceptors (Lipinski definition) is 3. The fourth-order valence-electron chi connectivity index (χ4n) is 3.00. The van der Waals surface area contributed by atoms with E-state index in [1.807, 2.05) is 44.2 Å². The molecule has 0 heterocycles. The molecule has 2 N–H and O–H groups in total. The van der Waals surface area contributed by atoms with Gasteiger partial charge in [0.25, 0.3) is 0 Å². The Morgan fingerprint density at radius 3 is 2.46 bits per heavy atom. The molecule has 2 amide bonds. The second-order valence-corrected chi connectivity index (χ2v) is 8.02. The third-order valence-electron chi connectivity index (χ3n) is 4.54. The number of aryl methyl sites for hydroxylation is 3. The van der Waals surface area contributed by atoms with Gasteiger partial charge in [-0.2, -0.15) is 0 Å². The van der Waals surface area contributed by atoms with Gasteiger partial charge >= 0.3 is 0 Å². The molecule has 2 aromatic carbocycles. The fraction of sp³-hybridized carbons (Fsp3) is 0.333. The molecule has 0 spiro atoms. The lowest BCUT2D eigenvalue weighted by molar-refractivity contribution is -0.115. The highest BCUT2D eigenvalue weighted by Gasteiger charge is 2.17. The minimum atomic E-state index is -0.299. The molecule has 1 aliphatic carbocycles. The van der Waals surface area contributed by atoms with Crippen molar-refractivity contribution in [3.8, 4) is 0 Å². The summed E-state index contributed by atoms with van der Waals surface area (Å²) >= 11 is 1.34. The predicted octanol–water partition coefficient (Wildman–Crippen LogP) is 4.18. The summed E-state index contributed by atoms with van der Waals surface area (Å²) in [5, 5.41) is 5.51. The quantitative estimate of drug-likeness (QED) is 0.804. The number of anilines is 2. The first-order valence-corrected chi connectivity index (χ1v) is 9.97.